The Labute approximate surface area is 128 Å². The summed E-state index contributed by atoms with van der Waals surface area (Å²) in [7, 11) is 0. The average molecular weight is 310 g/mol. The molecule has 1 aliphatic rings. The van der Waals surface area contributed by atoms with Gasteiger partial charge >= 0.3 is 5.97 Å². The fourth-order valence-electron chi connectivity index (χ4n) is 2.11. The van der Waals surface area contributed by atoms with Crippen molar-refractivity contribution in [3.8, 4) is 0 Å². The van der Waals surface area contributed by atoms with E-state index < -0.39 is 11.9 Å². The molecular formula is C14H14ClN2O2S-. The minimum absolute atomic E-state index is 0.303. The Morgan fingerprint density at radius 2 is 2.35 bits per heavy atom. The van der Waals surface area contributed by atoms with E-state index in [0.717, 1.165) is 5.56 Å². The highest BCUT2D eigenvalue weighted by atomic mass is 35.5. The monoisotopic (exact) mass is 309 g/mol. The SMILES string of the molecule is CCOC(=O)C1=C(C)NC([S-])=C(Cl)C1c1cccnc1. The van der Waals surface area contributed by atoms with Gasteiger partial charge in [0.1, 0.15) is 0 Å². The van der Waals surface area contributed by atoms with E-state index in [0.29, 0.717) is 27.9 Å². The maximum atomic E-state index is 12.2. The standard InChI is InChI=1S/C14H15ClN2O2S/c1-3-19-14(18)10-8(2)17-13(20)12(15)11(10)9-5-4-6-16-7-9/h4-7,11,17,20H,3H2,1-2H3/p-1. The highest BCUT2D eigenvalue weighted by Gasteiger charge is 2.31. The van der Waals surface area contributed by atoms with Crippen LogP contribution in [0.15, 0.2) is 45.9 Å². The summed E-state index contributed by atoms with van der Waals surface area (Å²) in [5.41, 5.74) is 1.94. The Bertz CT molecular complexity index is 584. The Morgan fingerprint density at radius 1 is 1.60 bits per heavy atom. The molecule has 0 bridgehead atoms. The molecular weight excluding hydrogens is 296 g/mol. The first kappa shape index (κ1) is 14.8. The number of ether oxygens (including phenoxy) is 1. The smallest absolute Gasteiger partial charge is 0.336 e. The first-order valence-electron chi connectivity index (χ1n) is 6.17. The predicted octanol–water partition coefficient (Wildman–Crippen LogP) is 2.56. The van der Waals surface area contributed by atoms with Crippen molar-refractivity contribution >= 4 is 30.2 Å². The first-order valence-corrected chi connectivity index (χ1v) is 6.96. The summed E-state index contributed by atoms with van der Waals surface area (Å²) in [5, 5.41) is 3.77. The zero-order valence-corrected chi connectivity index (χ0v) is 12.7. The molecule has 0 spiro atoms. The lowest BCUT2D eigenvalue weighted by atomic mass is 9.88. The van der Waals surface area contributed by atoms with Gasteiger partial charge in [-0.3, -0.25) is 4.98 Å². The molecule has 6 heteroatoms. The van der Waals surface area contributed by atoms with Gasteiger partial charge in [-0.05, 0) is 25.5 Å². The van der Waals surface area contributed by atoms with Crippen molar-refractivity contribution in [3.63, 3.8) is 0 Å². The largest absolute Gasteiger partial charge is 0.761 e. The van der Waals surface area contributed by atoms with Crippen LogP contribution in [0.2, 0.25) is 0 Å². The Balaban J connectivity index is 2.51. The van der Waals surface area contributed by atoms with E-state index >= 15 is 0 Å². The fourth-order valence-corrected chi connectivity index (χ4v) is 2.66. The number of nitrogens with one attached hydrogen (secondary N) is 1. The molecule has 0 aromatic carbocycles. The third kappa shape index (κ3) is 2.78. The Hall–Kier alpha value is -1.59. The summed E-state index contributed by atoms with van der Waals surface area (Å²) in [5.74, 6) is -0.829. The number of esters is 1. The molecule has 0 saturated heterocycles. The fraction of sp³-hybridized carbons (Fsp3) is 0.286. The summed E-state index contributed by atoms with van der Waals surface area (Å²) in [4.78, 5) is 16.3. The molecule has 1 N–H and O–H groups in total. The number of nitrogens with zero attached hydrogens (tertiary/aromatic N) is 1. The minimum Gasteiger partial charge on any atom is -0.761 e. The molecule has 0 amide bonds. The third-order valence-electron chi connectivity index (χ3n) is 2.98. The number of allylic oxidation sites excluding steroid dienone is 2. The van der Waals surface area contributed by atoms with Crippen LogP contribution in [-0.4, -0.2) is 17.6 Å². The summed E-state index contributed by atoms with van der Waals surface area (Å²) in [6.07, 6.45) is 3.34. The highest BCUT2D eigenvalue weighted by molar-refractivity contribution is 7.63. The molecule has 1 atom stereocenters. The second-order valence-corrected chi connectivity index (χ2v) is 5.10. The van der Waals surface area contributed by atoms with E-state index in [1.54, 1.807) is 32.3 Å². The quantitative estimate of drug-likeness (QED) is 0.687. The number of halogens is 1. The molecule has 1 unspecified atom stereocenters. The molecule has 1 aliphatic heterocycles. The van der Waals surface area contributed by atoms with Crippen LogP contribution in [0.5, 0.6) is 0 Å². The van der Waals surface area contributed by atoms with Gasteiger partial charge in [0.05, 0.1) is 18.1 Å². The Morgan fingerprint density at radius 3 is 2.95 bits per heavy atom. The van der Waals surface area contributed by atoms with Crippen LogP contribution >= 0.6 is 11.6 Å². The summed E-state index contributed by atoms with van der Waals surface area (Å²) in [6.45, 7) is 3.85. The molecule has 106 valence electrons. The number of aromatic nitrogens is 1. The van der Waals surface area contributed by atoms with Crippen LogP contribution in [0.1, 0.15) is 25.3 Å². The minimum atomic E-state index is -0.432. The molecule has 20 heavy (non-hydrogen) atoms. The normalized spacial score (nSPS) is 18.9. The van der Waals surface area contributed by atoms with Crippen molar-refractivity contribution in [2.24, 2.45) is 0 Å². The lowest BCUT2D eigenvalue weighted by Gasteiger charge is -2.32. The van der Waals surface area contributed by atoms with Crippen molar-refractivity contribution in [3.05, 3.63) is 51.4 Å². The zero-order chi connectivity index (χ0) is 14.7. The number of hydrogen-bond acceptors (Lipinski definition) is 5. The molecule has 4 nitrogen and oxygen atoms in total. The molecule has 2 rings (SSSR count). The van der Waals surface area contributed by atoms with E-state index in [1.165, 1.54) is 0 Å². The van der Waals surface area contributed by atoms with E-state index in [9.17, 15) is 4.79 Å². The number of dihydropyridines is 1. The van der Waals surface area contributed by atoms with Gasteiger partial charge in [0, 0.05) is 23.1 Å². The number of rotatable bonds is 3. The van der Waals surface area contributed by atoms with E-state index in [2.05, 4.69) is 10.3 Å². The van der Waals surface area contributed by atoms with Crippen molar-refractivity contribution in [2.75, 3.05) is 6.61 Å². The summed E-state index contributed by atoms with van der Waals surface area (Å²) < 4.78 is 5.11. The van der Waals surface area contributed by atoms with Crippen LogP contribution in [-0.2, 0) is 22.2 Å². The maximum absolute atomic E-state index is 12.2. The van der Waals surface area contributed by atoms with Crippen molar-refractivity contribution in [1.82, 2.24) is 10.3 Å². The lowest BCUT2D eigenvalue weighted by Crippen LogP contribution is -2.28. The number of pyridine rings is 1. The third-order valence-corrected chi connectivity index (χ3v) is 3.82. The number of carbonyl (C=O) groups excluding carboxylic acids is 1. The first-order chi connectivity index (χ1) is 9.56. The van der Waals surface area contributed by atoms with Gasteiger partial charge in [-0.2, -0.15) is 0 Å². The van der Waals surface area contributed by atoms with E-state index in [1.807, 2.05) is 6.07 Å². The zero-order valence-electron chi connectivity index (χ0n) is 11.1. The highest BCUT2D eigenvalue weighted by Crippen LogP contribution is 2.39. The van der Waals surface area contributed by atoms with Crippen LogP contribution in [0.4, 0.5) is 0 Å². The molecule has 0 saturated carbocycles. The molecule has 0 aliphatic carbocycles. The van der Waals surface area contributed by atoms with Gasteiger partial charge in [-0.1, -0.05) is 22.7 Å². The molecule has 0 radical (unpaired) electrons. The van der Waals surface area contributed by atoms with Gasteiger partial charge in [0.15, 0.2) is 0 Å². The van der Waals surface area contributed by atoms with Crippen LogP contribution < -0.4 is 5.32 Å². The van der Waals surface area contributed by atoms with Crippen LogP contribution in [0, 0.1) is 0 Å². The second-order valence-electron chi connectivity index (χ2n) is 4.28. The number of carbonyl (C=O) groups is 1. The predicted molar refractivity (Wildman–Crippen MR) is 79.7 cm³/mol. The van der Waals surface area contributed by atoms with Crippen molar-refractivity contribution < 1.29 is 9.53 Å². The van der Waals surface area contributed by atoms with Gasteiger partial charge in [0.25, 0.3) is 0 Å². The molecule has 1 aromatic rings. The van der Waals surface area contributed by atoms with Gasteiger partial charge in [-0.25, -0.2) is 4.79 Å². The van der Waals surface area contributed by atoms with Gasteiger partial charge in [-0.15, -0.1) is 0 Å². The summed E-state index contributed by atoms with van der Waals surface area (Å²) >= 11 is 11.5. The maximum Gasteiger partial charge on any atom is 0.336 e. The summed E-state index contributed by atoms with van der Waals surface area (Å²) in [6, 6.07) is 3.66. The van der Waals surface area contributed by atoms with Crippen molar-refractivity contribution in [1.29, 1.82) is 0 Å². The molecule has 1 aromatic heterocycles. The van der Waals surface area contributed by atoms with E-state index in [4.69, 9.17) is 29.0 Å². The Kier molecular flexibility index (Phi) is 4.62. The lowest BCUT2D eigenvalue weighted by molar-refractivity contribution is -0.138. The topological polar surface area (TPSA) is 51.2 Å². The van der Waals surface area contributed by atoms with Crippen LogP contribution in [0.25, 0.3) is 0 Å². The second kappa shape index (κ2) is 6.24. The molecule has 2 heterocycles. The average Bonchev–Trinajstić information content (AvgIpc) is 2.43. The van der Waals surface area contributed by atoms with E-state index in [-0.39, 0.29) is 0 Å². The molecule has 0 fully saturated rings. The van der Waals surface area contributed by atoms with Gasteiger partial charge in [0.2, 0.25) is 0 Å². The van der Waals surface area contributed by atoms with Crippen molar-refractivity contribution in [2.45, 2.75) is 19.8 Å². The van der Waals surface area contributed by atoms with Crippen LogP contribution in [0.3, 0.4) is 0 Å². The number of hydrogen-bond donors (Lipinski definition) is 1. The van der Waals surface area contributed by atoms with Gasteiger partial charge < -0.3 is 22.7 Å².